The second kappa shape index (κ2) is 14.9. The van der Waals surface area contributed by atoms with E-state index in [2.05, 4.69) is 10.6 Å². The zero-order chi connectivity index (χ0) is 33.7. The molecule has 0 bridgehead atoms. The Balaban J connectivity index is 1.57. The fourth-order valence-corrected chi connectivity index (χ4v) is 6.59. The van der Waals surface area contributed by atoms with Crippen LogP contribution in [0.1, 0.15) is 62.4 Å². The van der Waals surface area contributed by atoms with Gasteiger partial charge in [-0.1, -0.05) is 56.7 Å². The number of nitrogens with zero attached hydrogens (tertiary/aromatic N) is 1. The molecule has 1 aliphatic carbocycles. The molecule has 2 aliphatic rings. The number of ether oxygens (including phenoxy) is 4. The summed E-state index contributed by atoms with van der Waals surface area (Å²) in [5.41, 5.74) is 4.13. The topological polar surface area (TPSA) is 115 Å². The predicted molar refractivity (Wildman–Crippen MR) is 181 cm³/mol. The molecule has 1 aliphatic heterocycles. The number of anilines is 1. The molecule has 0 aromatic heterocycles. The number of morpholine rings is 1. The van der Waals surface area contributed by atoms with E-state index in [0.717, 1.165) is 28.7 Å². The number of nitrogens with one attached hydrogen (secondary N) is 2. The number of methoxy groups -OCH3 is 3. The molecule has 250 valence electrons. The predicted octanol–water partition coefficient (Wildman–Crippen LogP) is 5.29. The van der Waals surface area contributed by atoms with Crippen molar-refractivity contribution in [3.63, 3.8) is 0 Å². The summed E-state index contributed by atoms with van der Waals surface area (Å²) in [5, 5.41) is 6.39. The zero-order valence-electron chi connectivity index (χ0n) is 28.1. The third-order valence-electron chi connectivity index (χ3n) is 9.26. The van der Waals surface area contributed by atoms with Gasteiger partial charge in [0.2, 0.25) is 23.0 Å². The monoisotopic (exact) mass is 643 g/mol. The van der Waals surface area contributed by atoms with E-state index in [4.69, 9.17) is 18.9 Å². The van der Waals surface area contributed by atoms with Crippen molar-refractivity contribution < 1.29 is 28.5 Å². The summed E-state index contributed by atoms with van der Waals surface area (Å²) < 4.78 is 23.3. The SMILES string of the molecule is CC[C@@H](C)[C@H](Nc1ccc2c(cc1=O)[C@@H](NC(C)=O)CCc1cc(OC)c(OC)c(OC)c1-2)C(=O)N1CCO[C@@H](c2ccccc2)C1. The first-order chi connectivity index (χ1) is 22.7. The molecule has 3 aromatic carbocycles. The van der Waals surface area contributed by atoms with Crippen molar-refractivity contribution in [3.05, 3.63) is 81.5 Å². The summed E-state index contributed by atoms with van der Waals surface area (Å²) in [5.74, 6) is 1.11. The molecule has 5 rings (SSSR count). The van der Waals surface area contributed by atoms with Crippen LogP contribution in [0.2, 0.25) is 0 Å². The van der Waals surface area contributed by atoms with E-state index in [-0.39, 0.29) is 29.3 Å². The van der Waals surface area contributed by atoms with Crippen LogP contribution in [0.5, 0.6) is 17.2 Å². The van der Waals surface area contributed by atoms with Gasteiger partial charge >= 0.3 is 0 Å². The van der Waals surface area contributed by atoms with Gasteiger partial charge in [0.25, 0.3) is 0 Å². The zero-order valence-corrected chi connectivity index (χ0v) is 28.1. The average molecular weight is 644 g/mol. The van der Waals surface area contributed by atoms with E-state index < -0.39 is 12.1 Å². The number of aryl methyl sites for hydroxylation is 1. The third-order valence-corrected chi connectivity index (χ3v) is 9.26. The lowest BCUT2D eigenvalue weighted by Gasteiger charge is -2.37. The Hall–Kier alpha value is -4.57. The Morgan fingerprint density at radius 2 is 1.77 bits per heavy atom. The highest BCUT2D eigenvalue weighted by Crippen LogP contribution is 2.50. The number of rotatable bonds is 10. The molecule has 10 nitrogen and oxygen atoms in total. The number of fused-ring (bicyclic) bond motifs is 3. The number of carbonyl (C=O) groups is 2. The van der Waals surface area contributed by atoms with E-state index >= 15 is 0 Å². The van der Waals surface area contributed by atoms with Crippen LogP contribution in [0.4, 0.5) is 5.69 Å². The Morgan fingerprint density at radius 3 is 2.43 bits per heavy atom. The van der Waals surface area contributed by atoms with Crippen molar-refractivity contribution in [1.82, 2.24) is 10.2 Å². The lowest BCUT2D eigenvalue weighted by atomic mass is 9.95. The van der Waals surface area contributed by atoms with Gasteiger partial charge in [0.15, 0.2) is 11.5 Å². The van der Waals surface area contributed by atoms with Crippen molar-refractivity contribution in [1.29, 1.82) is 0 Å². The lowest BCUT2D eigenvalue weighted by Crippen LogP contribution is -2.51. The molecule has 4 atom stereocenters. The minimum absolute atomic E-state index is 0.0621. The van der Waals surface area contributed by atoms with Crippen molar-refractivity contribution in [2.24, 2.45) is 5.92 Å². The second-order valence-corrected chi connectivity index (χ2v) is 12.2. The van der Waals surface area contributed by atoms with Crippen LogP contribution in [0.25, 0.3) is 11.1 Å². The van der Waals surface area contributed by atoms with Crippen LogP contribution in [0.3, 0.4) is 0 Å². The number of benzene rings is 2. The largest absolute Gasteiger partial charge is 0.493 e. The summed E-state index contributed by atoms with van der Waals surface area (Å²) in [6, 6.07) is 15.9. The molecule has 3 aromatic rings. The Morgan fingerprint density at radius 1 is 1.02 bits per heavy atom. The summed E-state index contributed by atoms with van der Waals surface area (Å²) in [6.45, 7) is 6.85. The quantitative estimate of drug-likeness (QED) is 0.306. The fraction of sp³-hybridized carbons (Fsp3) is 0.432. The molecule has 0 radical (unpaired) electrons. The van der Waals surface area contributed by atoms with Crippen LogP contribution < -0.4 is 30.3 Å². The minimum Gasteiger partial charge on any atom is -0.493 e. The maximum atomic E-state index is 14.1. The van der Waals surface area contributed by atoms with Crippen molar-refractivity contribution in [3.8, 4) is 28.4 Å². The molecule has 10 heteroatoms. The molecule has 0 spiro atoms. The summed E-state index contributed by atoms with van der Waals surface area (Å²) >= 11 is 0. The van der Waals surface area contributed by atoms with Gasteiger partial charge in [-0.15, -0.1) is 0 Å². The molecular weight excluding hydrogens is 598 g/mol. The molecule has 47 heavy (non-hydrogen) atoms. The van der Waals surface area contributed by atoms with Gasteiger partial charge in [0.1, 0.15) is 12.1 Å². The third kappa shape index (κ3) is 7.07. The van der Waals surface area contributed by atoms with E-state index in [9.17, 15) is 14.4 Å². The summed E-state index contributed by atoms with van der Waals surface area (Å²) in [7, 11) is 4.69. The number of hydrogen-bond donors (Lipinski definition) is 2. The van der Waals surface area contributed by atoms with E-state index in [1.54, 1.807) is 33.5 Å². The van der Waals surface area contributed by atoms with E-state index in [1.807, 2.05) is 61.2 Å². The number of amides is 2. The van der Waals surface area contributed by atoms with Crippen LogP contribution in [-0.2, 0) is 20.7 Å². The van der Waals surface area contributed by atoms with E-state index in [0.29, 0.717) is 61.0 Å². The fourth-order valence-electron chi connectivity index (χ4n) is 6.59. The van der Waals surface area contributed by atoms with Crippen LogP contribution in [0, 0.1) is 5.92 Å². The van der Waals surface area contributed by atoms with Crippen molar-refractivity contribution in [2.75, 3.05) is 46.3 Å². The Bertz CT molecular complexity index is 1660. The number of hydrogen-bond acceptors (Lipinski definition) is 8. The first-order valence-electron chi connectivity index (χ1n) is 16.2. The van der Waals surface area contributed by atoms with Crippen molar-refractivity contribution in [2.45, 2.75) is 58.2 Å². The van der Waals surface area contributed by atoms with Gasteiger partial charge in [-0.2, -0.15) is 0 Å². The Kier molecular flexibility index (Phi) is 10.7. The normalized spacial score (nSPS) is 18.5. The molecule has 0 saturated carbocycles. The standard InChI is InChI=1S/C37H45N3O7/c1-7-22(2)34(37(43)40-17-18-47-32(21-40)24-11-9-8-10-12-24)39-29-16-14-26-27(20-30(29)42)28(38-23(3)41)15-13-25-19-31(44-4)35(45-5)36(46-6)33(25)26/h8-12,14,16,19-20,22,28,32,34H,7,13,15,17-18,21H2,1-6H3,(H,38,41)(H,39,42)/t22-,28+,32-,34+/m1/s1. The van der Waals surface area contributed by atoms with Gasteiger partial charge < -0.3 is 34.5 Å². The molecule has 2 N–H and O–H groups in total. The second-order valence-electron chi connectivity index (χ2n) is 12.2. The van der Waals surface area contributed by atoms with Crippen LogP contribution in [-0.4, -0.2) is 63.8 Å². The molecule has 1 heterocycles. The minimum atomic E-state index is -0.637. The average Bonchev–Trinajstić information content (AvgIpc) is 3.33. The highest BCUT2D eigenvalue weighted by atomic mass is 16.5. The van der Waals surface area contributed by atoms with Gasteiger partial charge in [-0.05, 0) is 59.2 Å². The Labute approximate surface area is 276 Å². The maximum absolute atomic E-state index is 14.1. The van der Waals surface area contributed by atoms with Gasteiger partial charge in [-0.25, -0.2) is 0 Å². The van der Waals surface area contributed by atoms with E-state index in [1.165, 1.54) is 6.92 Å². The van der Waals surface area contributed by atoms with Crippen molar-refractivity contribution >= 4 is 17.5 Å². The number of carbonyl (C=O) groups excluding carboxylic acids is 2. The maximum Gasteiger partial charge on any atom is 0.245 e. The van der Waals surface area contributed by atoms with Crippen LogP contribution in [0.15, 0.2) is 59.4 Å². The molecular formula is C37H45N3O7. The molecule has 1 fully saturated rings. The smallest absolute Gasteiger partial charge is 0.245 e. The first kappa shape index (κ1) is 33.8. The molecule has 1 saturated heterocycles. The lowest BCUT2D eigenvalue weighted by molar-refractivity contribution is -0.141. The van der Waals surface area contributed by atoms with Gasteiger partial charge in [0.05, 0.1) is 46.2 Å². The van der Waals surface area contributed by atoms with Gasteiger partial charge in [0, 0.05) is 19.0 Å². The summed E-state index contributed by atoms with van der Waals surface area (Å²) in [6.07, 6.45) is 1.67. The first-order valence-corrected chi connectivity index (χ1v) is 16.2. The highest BCUT2D eigenvalue weighted by Gasteiger charge is 2.34. The van der Waals surface area contributed by atoms with Gasteiger partial charge in [-0.3, -0.25) is 14.4 Å². The van der Waals surface area contributed by atoms with Crippen LogP contribution >= 0.6 is 0 Å². The molecule has 0 unspecified atom stereocenters. The molecule has 2 amide bonds. The summed E-state index contributed by atoms with van der Waals surface area (Å²) in [4.78, 5) is 42.3. The highest BCUT2D eigenvalue weighted by molar-refractivity contribution is 5.86.